The van der Waals surface area contributed by atoms with E-state index in [9.17, 15) is 23.1 Å². The van der Waals surface area contributed by atoms with E-state index in [2.05, 4.69) is 15.3 Å². The maximum absolute atomic E-state index is 12.9. The molecule has 0 unspecified atom stereocenters. The number of benzene rings is 1. The minimum Gasteiger partial charge on any atom is -0.480 e. The van der Waals surface area contributed by atoms with Crippen LogP contribution in [0.3, 0.4) is 0 Å². The SMILES string of the molecule is CC(C)C[C@@H](Nc1nc(C(F)(F)F)nc2ccccc12)C(=O)O. The maximum Gasteiger partial charge on any atom is 0.451 e. The molecule has 8 heteroatoms. The number of nitrogens with zero attached hydrogens (tertiary/aromatic N) is 2. The average Bonchev–Trinajstić information content (AvgIpc) is 2.44. The summed E-state index contributed by atoms with van der Waals surface area (Å²) in [6.45, 7) is 3.66. The molecule has 0 radical (unpaired) electrons. The zero-order valence-electron chi connectivity index (χ0n) is 12.6. The van der Waals surface area contributed by atoms with Crippen LogP contribution in [-0.4, -0.2) is 27.1 Å². The van der Waals surface area contributed by atoms with Gasteiger partial charge in [-0.25, -0.2) is 14.8 Å². The molecule has 5 nitrogen and oxygen atoms in total. The number of aromatic nitrogens is 2. The van der Waals surface area contributed by atoms with E-state index in [0.717, 1.165) is 0 Å². The van der Waals surface area contributed by atoms with Gasteiger partial charge in [-0.3, -0.25) is 0 Å². The van der Waals surface area contributed by atoms with Crippen LogP contribution in [0, 0.1) is 5.92 Å². The number of halogens is 3. The fraction of sp³-hybridized carbons (Fsp3) is 0.400. The normalized spacial score (nSPS) is 13.3. The second-order valence-corrected chi connectivity index (χ2v) is 5.58. The van der Waals surface area contributed by atoms with E-state index >= 15 is 0 Å². The van der Waals surface area contributed by atoms with Gasteiger partial charge in [0.2, 0.25) is 5.82 Å². The first-order chi connectivity index (χ1) is 10.7. The molecule has 0 aliphatic rings. The van der Waals surface area contributed by atoms with E-state index < -0.39 is 24.0 Å². The van der Waals surface area contributed by atoms with Crippen LogP contribution in [0.2, 0.25) is 0 Å². The summed E-state index contributed by atoms with van der Waals surface area (Å²) in [6, 6.07) is 5.13. The molecule has 0 amide bonds. The number of nitrogens with one attached hydrogen (secondary N) is 1. The number of para-hydroxylation sites is 1. The molecular weight excluding hydrogens is 311 g/mol. The fourth-order valence-electron chi connectivity index (χ4n) is 2.17. The lowest BCUT2D eigenvalue weighted by Crippen LogP contribution is -2.31. The van der Waals surface area contributed by atoms with Gasteiger partial charge in [-0.1, -0.05) is 26.0 Å². The summed E-state index contributed by atoms with van der Waals surface area (Å²) in [5.74, 6) is -2.52. The fourth-order valence-corrected chi connectivity index (χ4v) is 2.17. The monoisotopic (exact) mass is 327 g/mol. The van der Waals surface area contributed by atoms with Gasteiger partial charge in [-0.15, -0.1) is 0 Å². The Kier molecular flexibility index (Phi) is 4.72. The van der Waals surface area contributed by atoms with Gasteiger partial charge in [0.15, 0.2) is 0 Å². The molecule has 0 saturated carbocycles. The number of carboxylic acid groups (broad SMARTS) is 1. The van der Waals surface area contributed by atoms with Crippen LogP contribution >= 0.6 is 0 Å². The van der Waals surface area contributed by atoms with E-state index in [-0.39, 0.29) is 23.7 Å². The van der Waals surface area contributed by atoms with E-state index in [1.807, 2.05) is 13.8 Å². The number of rotatable bonds is 5. The van der Waals surface area contributed by atoms with Gasteiger partial charge in [-0.05, 0) is 24.5 Å². The molecule has 0 spiro atoms. The highest BCUT2D eigenvalue weighted by atomic mass is 19.4. The Bertz CT molecular complexity index is 717. The summed E-state index contributed by atoms with van der Waals surface area (Å²) in [7, 11) is 0. The second kappa shape index (κ2) is 6.39. The highest BCUT2D eigenvalue weighted by Gasteiger charge is 2.36. The lowest BCUT2D eigenvalue weighted by atomic mass is 10.0. The number of carbonyl (C=O) groups is 1. The quantitative estimate of drug-likeness (QED) is 0.878. The molecule has 1 aromatic heterocycles. The molecule has 0 aliphatic heterocycles. The Hall–Kier alpha value is -2.38. The number of anilines is 1. The van der Waals surface area contributed by atoms with E-state index in [0.29, 0.717) is 5.39 Å². The number of fused-ring (bicyclic) bond motifs is 1. The number of hydrogen-bond donors (Lipinski definition) is 2. The molecule has 2 rings (SSSR count). The molecule has 2 aromatic rings. The van der Waals surface area contributed by atoms with Crippen molar-refractivity contribution < 1.29 is 23.1 Å². The molecule has 1 aromatic carbocycles. The van der Waals surface area contributed by atoms with Crippen molar-refractivity contribution in [3.05, 3.63) is 30.1 Å². The molecule has 124 valence electrons. The van der Waals surface area contributed by atoms with Crippen LogP contribution in [0.5, 0.6) is 0 Å². The Labute approximate surface area is 130 Å². The van der Waals surface area contributed by atoms with Gasteiger partial charge >= 0.3 is 12.1 Å². The summed E-state index contributed by atoms with van der Waals surface area (Å²) in [6.07, 6.45) is -4.45. The largest absolute Gasteiger partial charge is 0.480 e. The van der Waals surface area contributed by atoms with Crippen LogP contribution in [0.15, 0.2) is 24.3 Å². The zero-order chi connectivity index (χ0) is 17.2. The van der Waals surface area contributed by atoms with Crippen molar-refractivity contribution in [2.45, 2.75) is 32.5 Å². The molecule has 0 fully saturated rings. The Balaban J connectivity index is 2.51. The molecule has 1 heterocycles. The summed E-state index contributed by atoms with van der Waals surface area (Å²) >= 11 is 0. The van der Waals surface area contributed by atoms with Crippen molar-refractivity contribution in [3.63, 3.8) is 0 Å². The first kappa shape index (κ1) is 17.0. The van der Waals surface area contributed by atoms with Crippen LogP contribution in [0.1, 0.15) is 26.1 Å². The van der Waals surface area contributed by atoms with Crippen LogP contribution < -0.4 is 5.32 Å². The lowest BCUT2D eigenvalue weighted by Gasteiger charge is -2.19. The zero-order valence-corrected chi connectivity index (χ0v) is 12.6. The summed E-state index contributed by atoms with van der Waals surface area (Å²) < 4.78 is 38.8. The van der Waals surface area contributed by atoms with Gasteiger partial charge in [0, 0.05) is 5.39 Å². The predicted octanol–water partition coefficient (Wildman–Crippen LogP) is 3.56. The topological polar surface area (TPSA) is 75.1 Å². The molecular formula is C15H16F3N3O2. The highest BCUT2D eigenvalue weighted by Crippen LogP contribution is 2.30. The standard InChI is InChI=1S/C15H16F3N3O2/c1-8(2)7-11(13(22)23)19-12-9-5-3-4-6-10(9)20-14(21-12)15(16,17)18/h3-6,8,11H,7H2,1-2H3,(H,22,23)(H,19,20,21)/t11-/m1/s1. The van der Waals surface area contributed by atoms with E-state index in [1.165, 1.54) is 6.07 Å². The van der Waals surface area contributed by atoms with Crippen molar-refractivity contribution in [2.24, 2.45) is 5.92 Å². The highest BCUT2D eigenvalue weighted by molar-refractivity contribution is 5.90. The first-order valence-electron chi connectivity index (χ1n) is 7.02. The van der Waals surface area contributed by atoms with Gasteiger partial charge < -0.3 is 10.4 Å². The Morgan fingerprint density at radius 1 is 1.26 bits per heavy atom. The van der Waals surface area contributed by atoms with Crippen molar-refractivity contribution in [1.29, 1.82) is 0 Å². The molecule has 23 heavy (non-hydrogen) atoms. The second-order valence-electron chi connectivity index (χ2n) is 5.58. The molecule has 0 aliphatic carbocycles. The molecule has 1 atom stereocenters. The third-order valence-corrected chi connectivity index (χ3v) is 3.17. The van der Waals surface area contributed by atoms with Gasteiger partial charge in [0.05, 0.1) is 5.52 Å². The van der Waals surface area contributed by atoms with Crippen LogP contribution in [0.4, 0.5) is 19.0 Å². The summed E-state index contributed by atoms with van der Waals surface area (Å²) in [5.41, 5.74) is 0.103. The molecule has 0 bridgehead atoms. The number of alkyl halides is 3. The van der Waals surface area contributed by atoms with Crippen molar-refractivity contribution in [2.75, 3.05) is 5.32 Å². The average molecular weight is 327 g/mol. The number of hydrogen-bond acceptors (Lipinski definition) is 4. The minimum absolute atomic E-state index is 0.0544. The third kappa shape index (κ3) is 4.08. The molecule has 2 N–H and O–H groups in total. The predicted molar refractivity (Wildman–Crippen MR) is 79.0 cm³/mol. The lowest BCUT2D eigenvalue weighted by molar-refractivity contribution is -0.144. The van der Waals surface area contributed by atoms with Gasteiger partial charge in [0.1, 0.15) is 11.9 Å². The van der Waals surface area contributed by atoms with E-state index in [1.54, 1.807) is 18.2 Å². The summed E-state index contributed by atoms with van der Waals surface area (Å²) in [4.78, 5) is 18.3. The maximum atomic E-state index is 12.9. The van der Waals surface area contributed by atoms with Gasteiger partial charge in [0.25, 0.3) is 0 Å². The van der Waals surface area contributed by atoms with Gasteiger partial charge in [-0.2, -0.15) is 13.2 Å². The van der Waals surface area contributed by atoms with Crippen molar-refractivity contribution in [1.82, 2.24) is 9.97 Å². The van der Waals surface area contributed by atoms with Crippen molar-refractivity contribution >= 4 is 22.7 Å². The Morgan fingerprint density at radius 2 is 1.91 bits per heavy atom. The van der Waals surface area contributed by atoms with Crippen LogP contribution in [-0.2, 0) is 11.0 Å². The smallest absolute Gasteiger partial charge is 0.451 e. The van der Waals surface area contributed by atoms with Crippen molar-refractivity contribution in [3.8, 4) is 0 Å². The minimum atomic E-state index is -4.71. The first-order valence-corrected chi connectivity index (χ1v) is 7.02. The Morgan fingerprint density at radius 3 is 2.48 bits per heavy atom. The molecule has 0 saturated heterocycles. The number of carboxylic acids is 1. The third-order valence-electron chi connectivity index (χ3n) is 3.17. The summed E-state index contributed by atoms with van der Waals surface area (Å²) in [5, 5.41) is 12.2. The van der Waals surface area contributed by atoms with Crippen LogP contribution in [0.25, 0.3) is 10.9 Å². The van der Waals surface area contributed by atoms with E-state index in [4.69, 9.17) is 0 Å². The number of aliphatic carboxylic acids is 1.